The SMILES string of the molecule is CN(CCC#N)c1cc2c(cc1N)CC(=O)N2. The van der Waals surface area contributed by atoms with Crippen molar-refractivity contribution in [1.82, 2.24) is 0 Å². The number of hydrogen-bond acceptors (Lipinski definition) is 4. The average molecular weight is 230 g/mol. The Morgan fingerprint density at radius 2 is 2.35 bits per heavy atom. The second-order valence-corrected chi connectivity index (χ2v) is 4.12. The number of fused-ring (bicyclic) bond motifs is 1. The number of amides is 1. The van der Waals surface area contributed by atoms with Crippen LogP contribution in [0.15, 0.2) is 12.1 Å². The number of hydrogen-bond donors (Lipinski definition) is 2. The first-order valence-corrected chi connectivity index (χ1v) is 5.42. The molecule has 0 bridgehead atoms. The zero-order valence-electron chi connectivity index (χ0n) is 9.66. The molecule has 3 N–H and O–H groups in total. The molecule has 1 aliphatic rings. The number of carbonyl (C=O) groups is 1. The highest BCUT2D eigenvalue weighted by molar-refractivity contribution is 6.00. The number of nitrogens with zero attached hydrogens (tertiary/aromatic N) is 2. The Balaban J connectivity index is 2.28. The molecule has 0 spiro atoms. The maximum absolute atomic E-state index is 11.3. The lowest BCUT2D eigenvalue weighted by molar-refractivity contribution is -0.115. The highest BCUT2D eigenvalue weighted by Gasteiger charge is 2.20. The van der Waals surface area contributed by atoms with Crippen LogP contribution in [0.1, 0.15) is 12.0 Å². The van der Waals surface area contributed by atoms with Crippen molar-refractivity contribution >= 4 is 23.0 Å². The molecule has 1 heterocycles. The summed E-state index contributed by atoms with van der Waals surface area (Å²) in [6.07, 6.45) is 0.834. The van der Waals surface area contributed by atoms with Gasteiger partial charge in [0.2, 0.25) is 5.91 Å². The molecule has 17 heavy (non-hydrogen) atoms. The summed E-state index contributed by atoms with van der Waals surface area (Å²) in [6.45, 7) is 0.618. The molecule has 0 fully saturated rings. The minimum atomic E-state index is -0.00349. The van der Waals surface area contributed by atoms with Crippen LogP contribution in [-0.4, -0.2) is 19.5 Å². The van der Waals surface area contributed by atoms with E-state index in [0.717, 1.165) is 16.9 Å². The molecule has 1 aromatic rings. The van der Waals surface area contributed by atoms with E-state index in [1.165, 1.54) is 0 Å². The van der Waals surface area contributed by atoms with Crippen molar-refractivity contribution in [3.05, 3.63) is 17.7 Å². The van der Waals surface area contributed by atoms with Crippen molar-refractivity contribution in [3.8, 4) is 6.07 Å². The molecule has 0 aliphatic carbocycles. The number of nitrogens with one attached hydrogen (secondary N) is 1. The molecule has 1 amide bonds. The largest absolute Gasteiger partial charge is 0.397 e. The molecule has 0 atom stereocenters. The fourth-order valence-corrected chi connectivity index (χ4v) is 1.95. The first-order valence-electron chi connectivity index (χ1n) is 5.42. The summed E-state index contributed by atoms with van der Waals surface area (Å²) in [5.74, 6) is -0.00349. The van der Waals surface area contributed by atoms with Crippen molar-refractivity contribution in [3.63, 3.8) is 0 Å². The van der Waals surface area contributed by atoms with Crippen LogP contribution in [0.5, 0.6) is 0 Å². The average Bonchev–Trinajstić information content (AvgIpc) is 2.64. The molecule has 0 unspecified atom stereocenters. The summed E-state index contributed by atoms with van der Waals surface area (Å²) >= 11 is 0. The van der Waals surface area contributed by atoms with Gasteiger partial charge in [0.1, 0.15) is 0 Å². The summed E-state index contributed by atoms with van der Waals surface area (Å²) in [5.41, 5.74) is 9.19. The van der Waals surface area contributed by atoms with Gasteiger partial charge in [0, 0.05) is 19.3 Å². The molecule has 0 saturated carbocycles. The fourth-order valence-electron chi connectivity index (χ4n) is 1.95. The second-order valence-electron chi connectivity index (χ2n) is 4.12. The number of rotatable bonds is 3. The monoisotopic (exact) mass is 230 g/mol. The molecule has 0 radical (unpaired) electrons. The van der Waals surface area contributed by atoms with Gasteiger partial charge in [0.25, 0.3) is 0 Å². The Bertz CT molecular complexity index is 504. The Labute approximate surface area is 99.8 Å². The summed E-state index contributed by atoms with van der Waals surface area (Å²) in [5, 5.41) is 11.3. The van der Waals surface area contributed by atoms with E-state index in [9.17, 15) is 4.79 Å². The lowest BCUT2D eigenvalue weighted by Crippen LogP contribution is -2.19. The van der Waals surface area contributed by atoms with E-state index in [1.807, 2.05) is 24.1 Å². The van der Waals surface area contributed by atoms with Gasteiger partial charge >= 0.3 is 0 Å². The first-order chi connectivity index (χ1) is 8.11. The topological polar surface area (TPSA) is 82.2 Å². The van der Waals surface area contributed by atoms with Crippen LogP contribution < -0.4 is 16.0 Å². The van der Waals surface area contributed by atoms with Crippen LogP contribution in [0.3, 0.4) is 0 Å². The van der Waals surface area contributed by atoms with Crippen LogP contribution in [0.2, 0.25) is 0 Å². The van der Waals surface area contributed by atoms with Gasteiger partial charge in [-0.3, -0.25) is 4.79 Å². The van der Waals surface area contributed by atoms with Crippen LogP contribution in [0, 0.1) is 11.3 Å². The van der Waals surface area contributed by atoms with Crippen LogP contribution in [0.25, 0.3) is 0 Å². The number of nitrogen functional groups attached to an aromatic ring is 1. The van der Waals surface area contributed by atoms with Crippen molar-refractivity contribution in [2.24, 2.45) is 0 Å². The van der Waals surface area contributed by atoms with E-state index in [-0.39, 0.29) is 5.91 Å². The zero-order valence-corrected chi connectivity index (χ0v) is 9.66. The molecular weight excluding hydrogens is 216 g/mol. The van der Waals surface area contributed by atoms with Gasteiger partial charge in [-0.2, -0.15) is 5.26 Å². The van der Waals surface area contributed by atoms with E-state index in [2.05, 4.69) is 11.4 Å². The van der Waals surface area contributed by atoms with Crippen molar-refractivity contribution in [2.75, 3.05) is 29.5 Å². The zero-order chi connectivity index (χ0) is 12.4. The maximum Gasteiger partial charge on any atom is 0.228 e. The maximum atomic E-state index is 11.3. The van der Waals surface area contributed by atoms with Gasteiger partial charge in [0.05, 0.1) is 30.3 Å². The first kappa shape index (κ1) is 11.3. The lowest BCUT2D eigenvalue weighted by Gasteiger charge is -2.20. The van der Waals surface area contributed by atoms with Crippen molar-refractivity contribution < 1.29 is 4.79 Å². The number of carbonyl (C=O) groups excluding carboxylic acids is 1. The molecule has 5 heteroatoms. The van der Waals surface area contributed by atoms with Crippen LogP contribution >= 0.6 is 0 Å². The standard InChI is InChI=1S/C12H14N4O/c1-16(4-2-3-13)11-7-10-8(5-9(11)14)6-12(17)15-10/h5,7H,2,4,6,14H2,1H3,(H,15,17). The van der Waals surface area contributed by atoms with Gasteiger partial charge in [-0.1, -0.05) is 0 Å². The Kier molecular flexibility index (Phi) is 2.88. The Morgan fingerprint density at radius 3 is 3.06 bits per heavy atom. The number of nitriles is 1. The summed E-state index contributed by atoms with van der Waals surface area (Å²) in [6, 6.07) is 5.79. The smallest absolute Gasteiger partial charge is 0.228 e. The van der Waals surface area contributed by atoms with Gasteiger partial charge in [-0.25, -0.2) is 0 Å². The van der Waals surface area contributed by atoms with Crippen molar-refractivity contribution in [1.29, 1.82) is 5.26 Å². The van der Waals surface area contributed by atoms with Gasteiger partial charge < -0.3 is 16.0 Å². The predicted octanol–water partition coefficient (Wildman–Crippen LogP) is 1.11. The number of anilines is 3. The molecule has 88 valence electrons. The third kappa shape index (κ3) is 2.16. The molecule has 0 saturated heterocycles. The molecule has 5 nitrogen and oxygen atoms in total. The third-order valence-corrected chi connectivity index (χ3v) is 2.85. The highest BCUT2D eigenvalue weighted by Crippen LogP contribution is 2.33. The van der Waals surface area contributed by atoms with Crippen LogP contribution in [-0.2, 0) is 11.2 Å². The van der Waals surface area contributed by atoms with E-state index >= 15 is 0 Å². The van der Waals surface area contributed by atoms with E-state index in [0.29, 0.717) is 25.1 Å². The minimum absolute atomic E-state index is 0.00349. The summed E-state index contributed by atoms with van der Waals surface area (Å²) in [4.78, 5) is 13.2. The summed E-state index contributed by atoms with van der Waals surface area (Å²) < 4.78 is 0. The van der Waals surface area contributed by atoms with E-state index in [1.54, 1.807) is 0 Å². The van der Waals surface area contributed by atoms with Gasteiger partial charge in [-0.15, -0.1) is 0 Å². The third-order valence-electron chi connectivity index (χ3n) is 2.85. The molecule has 1 aliphatic heterocycles. The normalized spacial score (nSPS) is 12.8. The fraction of sp³-hybridized carbons (Fsp3) is 0.333. The lowest BCUT2D eigenvalue weighted by atomic mass is 10.1. The Morgan fingerprint density at radius 1 is 1.59 bits per heavy atom. The summed E-state index contributed by atoms with van der Waals surface area (Å²) in [7, 11) is 1.88. The Hall–Kier alpha value is -2.22. The molecule has 0 aromatic heterocycles. The molecule has 2 rings (SSSR count). The highest BCUT2D eigenvalue weighted by atomic mass is 16.1. The van der Waals surface area contributed by atoms with Gasteiger partial charge in [0.15, 0.2) is 0 Å². The second kappa shape index (κ2) is 4.34. The number of benzene rings is 1. The quantitative estimate of drug-likeness (QED) is 0.762. The van der Waals surface area contributed by atoms with E-state index in [4.69, 9.17) is 11.0 Å². The van der Waals surface area contributed by atoms with Crippen molar-refractivity contribution in [2.45, 2.75) is 12.8 Å². The van der Waals surface area contributed by atoms with E-state index < -0.39 is 0 Å². The number of nitrogens with two attached hydrogens (primary N) is 1. The predicted molar refractivity (Wildman–Crippen MR) is 66.7 cm³/mol. The molecular formula is C12H14N4O. The minimum Gasteiger partial charge on any atom is -0.397 e. The molecule has 1 aromatic carbocycles. The van der Waals surface area contributed by atoms with Gasteiger partial charge in [-0.05, 0) is 17.7 Å². The van der Waals surface area contributed by atoms with Crippen LogP contribution in [0.4, 0.5) is 17.1 Å².